The van der Waals surface area contributed by atoms with Crippen molar-refractivity contribution in [3.63, 3.8) is 0 Å². The van der Waals surface area contributed by atoms with Crippen LogP contribution in [-0.4, -0.2) is 11.2 Å². The minimum absolute atomic E-state index is 0.154. The van der Waals surface area contributed by atoms with E-state index in [0.717, 1.165) is 5.56 Å². The fourth-order valence-corrected chi connectivity index (χ4v) is 1.54. The Balaban J connectivity index is 1.73. The molecule has 2 aromatic rings. The van der Waals surface area contributed by atoms with Crippen LogP contribution in [0, 0.1) is 0 Å². The molecule has 0 saturated carbocycles. The van der Waals surface area contributed by atoms with Gasteiger partial charge in [0.15, 0.2) is 0 Å². The Morgan fingerprint density at radius 2 is 1.89 bits per heavy atom. The van der Waals surface area contributed by atoms with Crippen LogP contribution < -0.4 is 5.32 Å². The van der Waals surface area contributed by atoms with E-state index >= 15 is 0 Å². The van der Waals surface area contributed by atoms with E-state index in [1.807, 2.05) is 30.3 Å². The van der Waals surface area contributed by atoms with E-state index in [0.29, 0.717) is 11.5 Å². The van der Waals surface area contributed by atoms with Gasteiger partial charge in [0, 0.05) is 0 Å². The second-order valence-electron chi connectivity index (χ2n) is 3.94. The van der Waals surface area contributed by atoms with Gasteiger partial charge in [-0.05, 0) is 17.7 Å². The number of aliphatic hydroxyl groups excluding tert-OH is 1. The Morgan fingerprint density at radius 3 is 2.58 bits per heavy atom. The second-order valence-corrected chi connectivity index (χ2v) is 3.94. The first-order valence-corrected chi connectivity index (χ1v) is 5.91. The van der Waals surface area contributed by atoms with Gasteiger partial charge in [-0.3, -0.25) is 0 Å². The number of ether oxygens (including phenoxy) is 1. The third kappa shape index (κ3) is 4.15. The van der Waals surface area contributed by atoms with E-state index in [4.69, 9.17) is 14.3 Å². The van der Waals surface area contributed by atoms with Gasteiger partial charge in [-0.1, -0.05) is 30.3 Å². The molecule has 0 spiro atoms. The van der Waals surface area contributed by atoms with Crippen LogP contribution in [0.4, 0.5) is 4.79 Å². The molecule has 0 bridgehead atoms. The number of carbonyl (C=O) groups is 1. The summed E-state index contributed by atoms with van der Waals surface area (Å²) >= 11 is 0. The lowest BCUT2D eigenvalue weighted by Gasteiger charge is -2.05. The summed E-state index contributed by atoms with van der Waals surface area (Å²) in [5.41, 5.74) is 0.929. The number of furan rings is 1. The number of amides is 1. The van der Waals surface area contributed by atoms with E-state index in [1.54, 1.807) is 12.1 Å². The number of carbonyl (C=O) groups excluding carboxylic acids is 1. The van der Waals surface area contributed by atoms with E-state index in [-0.39, 0.29) is 19.8 Å². The van der Waals surface area contributed by atoms with Gasteiger partial charge in [0.25, 0.3) is 0 Å². The molecule has 0 aliphatic rings. The highest BCUT2D eigenvalue weighted by atomic mass is 16.5. The van der Waals surface area contributed by atoms with Crippen LogP contribution in [0.3, 0.4) is 0 Å². The van der Waals surface area contributed by atoms with Crippen molar-refractivity contribution >= 4 is 6.09 Å². The summed E-state index contributed by atoms with van der Waals surface area (Å²) in [5.74, 6) is 1.04. The van der Waals surface area contributed by atoms with Gasteiger partial charge in [0.2, 0.25) is 0 Å². The predicted molar refractivity (Wildman–Crippen MR) is 68.1 cm³/mol. The molecule has 5 nitrogen and oxygen atoms in total. The zero-order valence-electron chi connectivity index (χ0n) is 10.3. The molecule has 2 rings (SSSR count). The molecular formula is C14H15NO4. The van der Waals surface area contributed by atoms with Crippen LogP contribution in [0.15, 0.2) is 46.9 Å². The number of nitrogens with one attached hydrogen (secondary N) is 1. The van der Waals surface area contributed by atoms with Gasteiger partial charge in [0.1, 0.15) is 24.7 Å². The summed E-state index contributed by atoms with van der Waals surface area (Å²) in [6, 6.07) is 12.8. The third-order valence-corrected chi connectivity index (χ3v) is 2.49. The molecule has 0 aliphatic heterocycles. The number of benzene rings is 1. The van der Waals surface area contributed by atoms with Crippen LogP contribution in [0.25, 0.3) is 0 Å². The molecule has 0 fully saturated rings. The van der Waals surface area contributed by atoms with Crippen LogP contribution in [0.5, 0.6) is 0 Å². The minimum atomic E-state index is -0.509. The van der Waals surface area contributed by atoms with Crippen LogP contribution in [0.1, 0.15) is 17.1 Å². The van der Waals surface area contributed by atoms with Crippen molar-refractivity contribution in [3.8, 4) is 0 Å². The molecule has 0 aliphatic carbocycles. The monoisotopic (exact) mass is 261 g/mol. The van der Waals surface area contributed by atoms with Crippen molar-refractivity contribution < 1.29 is 19.1 Å². The Bertz CT molecular complexity index is 521. The molecule has 0 unspecified atom stereocenters. The molecule has 2 N–H and O–H groups in total. The SMILES string of the molecule is O=C(NCc1ccc(CO)o1)OCc1ccccc1. The Hall–Kier alpha value is -2.27. The molecule has 1 aromatic heterocycles. The first-order chi connectivity index (χ1) is 9.28. The van der Waals surface area contributed by atoms with Crippen molar-refractivity contribution in [2.75, 3.05) is 0 Å². The number of alkyl carbamates (subject to hydrolysis) is 1. The number of rotatable bonds is 5. The predicted octanol–water partition coefficient (Wildman–Crippen LogP) is 2.20. The highest BCUT2D eigenvalue weighted by Crippen LogP contribution is 2.07. The van der Waals surface area contributed by atoms with Crippen molar-refractivity contribution in [1.29, 1.82) is 0 Å². The third-order valence-electron chi connectivity index (χ3n) is 2.49. The Labute approximate surface area is 110 Å². The molecule has 1 amide bonds. The fourth-order valence-electron chi connectivity index (χ4n) is 1.54. The van der Waals surface area contributed by atoms with Gasteiger partial charge in [-0.15, -0.1) is 0 Å². The lowest BCUT2D eigenvalue weighted by atomic mass is 10.2. The average molecular weight is 261 g/mol. The topological polar surface area (TPSA) is 71.7 Å². The van der Waals surface area contributed by atoms with E-state index in [1.165, 1.54) is 0 Å². The summed E-state index contributed by atoms with van der Waals surface area (Å²) in [7, 11) is 0. The van der Waals surface area contributed by atoms with Gasteiger partial charge < -0.3 is 19.6 Å². The number of hydrogen-bond acceptors (Lipinski definition) is 4. The largest absolute Gasteiger partial charge is 0.462 e. The highest BCUT2D eigenvalue weighted by molar-refractivity contribution is 5.67. The van der Waals surface area contributed by atoms with Crippen molar-refractivity contribution in [1.82, 2.24) is 5.32 Å². The summed E-state index contributed by atoms with van der Waals surface area (Å²) < 4.78 is 10.3. The zero-order chi connectivity index (χ0) is 13.5. The lowest BCUT2D eigenvalue weighted by molar-refractivity contribution is 0.138. The smallest absolute Gasteiger partial charge is 0.407 e. The zero-order valence-corrected chi connectivity index (χ0v) is 10.3. The standard InChI is InChI=1S/C14H15NO4/c16-9-13-7-6-12(19-13)8-15-14(17)18-10-11-4-2-1-3-5-11/h1-7,16H,8-10H2,(H,15,17). The first-order valence-electron chi connectivity index (χ1n) is 5.91. The second kappa shape index (κ2) is 6.61. The molecule has 100 valence electrons. The highest BCUT2D eigenvalue weighted by Gasteiger charge is 2.05. The van der Waals surface area contributed by atoms with Crippen LogP contribution in [0.2, 0.25) is 0 Å². The van der Waals surface area contributed by atoms with Crippen LogP contribution >= 0.6 is 0 Å². The summed E-state index contributed by atoms with van der Waals surface area (Å²) in [4.78, 5) is 11.4. The van der Waals surface area contributed by atoms with Gasteiger partial charge >= 0.3 is 6.09 Å². The van der Waals surface area contributed by atoms with Gasteiger partial charge in [-0.2, -0.15) is 0 Å². The maximum Gasteiger partial charge on any atom is 0.407 e. The van der Waals surface area contributed by atoms with E-state index < -0.39 is 6.09 Å². The van der Waals surface area contributed by atoms with Gasteiger partial charge in [0.05, 0.1) is 6.54 Å². The number of hydrogen-bond donors (Lipinski definition) is 2. The molecule has 1 aromatic carbocycles. The first kappa shape index (κ1) is 13.2. The maximum atomic E-state index is 11.4. The molecule has 19 heavy (non-hydrogen) atoms. The summed E-state index contributed by atoms with van der Waals surface area (Å²) in [6.45, 7) is 0.304. The molecule has 0 radical (unpaired) electrons. The average Bonchev–Trinajstić information content (AvgIpc) is 2.92. The molecule has 1 heterocycles. The van der Waals surface area contributed by atoms with Crippen molar-refractivity contribution in [2.24, 2.45) is 0 Å². The quantitative estimate of drug-likeness (QED) is 0.865. The van der Waals surface area contributed by atoms with Crippen molar-refractivity contribution in [3.05, 3.63) is 59.5 Å². The minimum Gasteiger partial charge on any atom is -0.462 e. The summed E-state index contributed by atoms with van der Waals surface area (Å²) in [5, 5.41) is 11.4. The molecule has 0 atom stereocenters. The lowest BCUT2D eigenvalue weighted by Crippen LogP contribution is -2.23. The van der Waals surface area contributed by atoms with E-state index in [2.05, 4.69) is 5.32 Å². The molecule has 5 heteroatoms. The number of aliphatic hydroxyl groups is 1. The van der Waals surface area contributed by atoms with Gasteiger partial charge in [-0.25, -0.2) is 4.79 Å². The fraction of sp³-hybridized carbons (Fsp3) is 0.214. The normalized spacial score (nSPS) is 10.2. The maximum absolute atomic E-state index is 11.4. The summed E-state index contributed by atoms with van der Waals surface area (Å²) in [6.07, 6.45) is -0.509. The van der Waals surface area contributed by atoms with Crippen molar-refractivity contribution in [2.45, 2.75) is 19.8 Å². The Kier molecular flexibility index (Phi) is 4.58. The van der Waals surface area contributed by atoms with E-state index in [9.17, 15) is 4.79 Å². The van der Waals surface area contributed by atoms with Crippen LogP contribution in [-0.2, 0) is 24.5 Å². The molecular weight excluding hydrogens is 246 g/mol. The Morgan fingerprint density at radius 1 is 1.16 bits per heavy atom. The molecule has 0 saturated heterocycles.